The van der Waals surface area contributed by atoms with E-state index < -0.39 is 0 Å². The zero-order chi connectivity index (χ0) is 19.1. The molecule has 28 heavy (non-hydrogen) atoms. The molecule has 2 aromatic heterocycles. The third-order valence-corrected chi connectivity index (χ3v) is 4.68. The summed E-state index contributed by atoms with van der Waals surface area (Å²) in [7, 11) is 0. The Balaban J connectivity index is 1.42. The summed E-state index contributed by atoms with van der Waals surface area (Å²) in [6.07, 6.45) is 1.42. The number of fused-ring (bicyclic) bond motifs is 1. The third-order valence-electron chi connectivity index (χ3n) is 4.68. The average Bonchev–Trinajstić information content (AvgIpc) is 3.35. The van der Waals surface area contributed by atoms with Crippen molar-refractivity contribution < 1.29 is 18.0 Å². The van der Waals surface area contributed by atoms with Gasteiger partial charge in [-0.15, -0.1) is 0 Å². The molecule has 8 heteroatoms. The highest BCUT2D eigenvalue weighted by atomic mass is 19.1. The normalized spacial score (nSPS) is 16.1. The van der Waals surface area contributed by atoms with Gasteiger partial charge in [-0.1, -0.05) is 17.3 Å². The number of ether oxygens (including phenoxy) is 1. The Morgan fingerprint density at radius 3 is 2.71 bits per heavy atom. The maximum atomic E-state index is 13.5. The minimum absolute atomic E-state index is 0.261. The van der Waals surface area contributed by atoms with Gasteiger partial charge in [-0.25, -0.2) is 13.8 Å². The van der Waals surface area contributed by atoms with Crippen LogP contribution in [0.5, 0.6) is 0 Å². The lowest BCUT2D eigenvalue weighted by Gasteiger charge is -2.25. The van der Waals surface area contributed by atoms with Crippen LogP contribution in [0.1, 0.15) is 17.4 Å². The maximum Gasteiger partial charge on any atom is 0.278 e. The largest absolute Gasteiger partial charge is 0.365 e. The summed E-state index contributed by atoms with van der Waals surface area (Å²) in [6.45, 7) is 0.787. The Labute approximate surface area is 158 Å². The van der Waals surface area contributed by atoms with Crippen molar-refractivity contribution in [3.63, 3.8) is 0 Å². The zero-order valence-corrected chi connectivity index (χ0v) is 14.5. The highest BCUT2D eigenvalue weighted by molar-refractivity contribution is 5.59. The van der Waals surface area contributed by atoms with Gasteiger partial charge < -0.3 is 13.8 Å². The SMILES string of the molecule is Fc1ccc(-c2noc(-c3ncn4c3CO[C@H](c3cccc(F)c3)C4)n2)cc1. The van der Waals surface area contributed by atoms with Gasteiger partial charge in [0.15, 0.2) is 5.69 Å². The number of aromatic nitrogens is 4. The quantitative estimate of drug-likeness (QED) is 0.534. The molecular formula is C20H14F2N4O2. The van der Waals surface area contributed by atoms with Gasteiger partial charge in [0, 0.05) is 5.56 Å². The predicted octanol–water partition coefficient (Wildman–Crippen LogP) is 4.15. The lowest BCUT2D eigenvalue weighted by molar-refractivity contribution is 0.00314. The Bertz CT molecular complexity index is 1140. The van der Waals surface area contributed by atoms with Crippen molar-refractivity contribution in [2.45, 2.75) is 19.3 Å². The van der Waals surface area contributed by atoms with Gasteiger partial charge >= 0.3 is 0 Å². The van der Waals surface area contributed by atoms with Crippen molar-refractivity contribution >= 4 is 0 Å². The van der Waals surface area contributed by atoms with Crippen LogP contribution in [-0.2, 0) is 17.9 Å². The maximum absolute atomic E-state index is 13.5. The van der Waals surface area contributed by atoms with Gasteiger partial charge in [-0.05, 0) is 42.0 Å². The Hall–Kier alpha value is -3.39. The summed E-state index contributed by atoms with van der Waals surface area (Å²) < 4.78 is 39.8. The molecule has 1 atom stereocenters. The summed E-state index contributed by atoms with van der Waals surface area (Å²) in [5, 5.41) is 3.95. The summed E-state index contributed by atoms with van der Waals surface area (Å²) in [4.78, 5) is 8.76. The molecule has 0 fully saturated rings. The van der Waals surface area contributed by atoms with Crippen LogP contribution in [0, 0.1) is 11.6 Å². The van der Waals surface area contributed by atoms with E-state index in [1.807, 2.05) is 10.6 Å². The molecule has 4 aromatic rings. The summed E-state index contributed by atoms with van der Waals surface area (Å²) in [5.74, 6) is -0.00923. The lowest BCUT2D eigenvalue weighted by Crippen LogP contribution is -2.20. The molecular weight excluding hydrogens is 366 g/mol. The number of nitrogens with zero attached hydrogens (tertiary/aromatic N) is 4. The molecule has 0 unspecified atom stereocenters. The van der Waals surface area contributed by atoms with Crippen molar-refractivity contribution in [3.8, 4) is 23.0 Å². The number of hydrogen-bond acceptors (Lipinski definition) is 5. The first-order chi connectivity index (χ1) is 13.7. The Morgan fingerprint density at radius 1 is 1.04 bits per heavy atom. The van der Waals surface area contributed by atoms with Crippen LogP contribution in [0.4, 0.5) is 8.78 Å². The van der Waals surface area contributed by atoms with Gasteiger partial charge in [0.05, 0.1) is 25.2 Å². The molecule has 0 N–H and O–H groups in total. The first kappa shape index (κ1) is 16.8. The Kier molecular flexibility index (Phi) is 3.98. The second-order valence-corrected chi connectivity index (χ2v) is 6.48. The number of halogens is 2. The smallest absolute Gasteiger partial charge is 0.278 e. The van der Waals surface area contributed by atoms with Crippen LogP contribution in [0.15, 0.2) is 59.4 Å². The van der Waals surface area contributed by atoms with E-state index in [9.17, 15) is 8.78 Å². The van der Waals surface area contributed by atoms with E-state index >= 15 is 0 Å². The fraction of sp³-hybridized carbons (Fsp3) is 0.150. The molecule has 0 spiro atoms. The third kappa shape index (κ3) is 2.97. The van der Waals surface area contributed by atoms with E-state index in [-0.39, 0.29) is 30.2 Å². The van der Waals surface area contributed by atoms with Gasteiger partial charge in [0.2, 0.25) is 5.82 Å². The van der Waals surface area contributed by atoms with Crippen LogP contribution < -0.4 is 0 Å². The molecule has 0 bridgehead atoms. The standard InChI is InChI=1S/C20H14F2N4O2/c21-14-6-4-12(5-7-14)19-24-20(28-25-19)18-16-10-27-17(9-26(16)11-23-18)13-2-1-3-15(22)8-13/h1-8,11,17H,9-10H2/t17-/m0/s1. The second kappa shape index (κ2) is 6.65. The van der Waals surface area contributed by atoms with E-state index in [1.54, 1.807) is 24.5 Å². The second-order valence-electron chi connectivity index (χ2n) is 6.48. The molecule has 3 heterocycles. The minimum atomic E-state index is -0.333. The molecule has 2 aromatic carbocycles. The molecule has 5 rings (SSSR count). The molecule has 0 radical (unpaired) electrons. The molecule has 1 aliphatic heterocycles. The van der Waals surface area contributed by atoms with Crippen molar-refractivity contribution in [1.29, 1.82) is 0 Å². The minimum Gasteiger partial charge on any atom is -0.365 e. The highest BCUT2D eigenvalue weighted by Crippen LogP contribution is 2.32. The first-order valence-electron chi connectivity index (χ1n) is 8.68. The number of hydrogen-bond donors (Lipinski definition) is 0. The number of benzene rings is 2. The number of imidazole rings is 1. The van der Waals surface area contributed by atoms with E-state index in [2.05, 4.69) is 15.1 Å². The van der Waals surface area contributed by atoms with Gasteiger partial charge in [0.25, 0.3) is 5.89 Å². The van der Waals surface area contributed by atoms with Crippen molar-refractivity contribution in [1.82, 2.24) is 19.7 Å². The average molecular weight is 380 g/mol. The monoisotopic (exact) mass is 380 g/mol. The van der Waals surface area contributed by atoms with E-state index in [0.29, 0.717) is 23.6 Å². The first-order valence-corrected chi connectivity index (χ1v) is 8.68. The van der Waals surface area contributed by atoms with Gasteiger partial charge in [-0.3, -0.25) is 0 Å². The van der Waals surface area contributed by atoms with Crippen LogP contribution in [-0.4, -0.2) is 19.7 Å². The van der Waals surface area contributed by atoms with Crippen LogP contribution in [0.2, 0.25) is 0 Å². The molecule has 0 saturated heterocycles. The highest BCUT2D eigenvalue weighted by Gasteiger charge is 2.26. The predicted molar refractivity (Wildman–Crippen MR) is 94.8 cm³/mol. The zero-order valence-electron chi connectivity index (χ0n) is 14.5. The van der Waals surface area contributed by atoms with Crippen molar-refractivity contribution in [3.05, 3.63) is 77.8 Å². The van der Waals surface area contributed by atoms with Crippen molar-refractivity contribution in [2.24, 2.45) is 0 Å². The van der Waals surface area contributed by atoms with Gasteiger partial charge in [-0.2, -0.15) is 4.98 Å². The van der Waals surface area contributed by atoms with Crippen LogP contribution in [0.25, 0.3) is 23.0 Å². The molecule has 140 valence electrons. The summed E-state index contributed by atoms with van der Waals surface area (Å²) in [5.41, 5.74) is 2.77. The van der Waals surface area contributed by atoms with E-state index in [4.69, 9.17) is 9.26 Å². The molecule has 6 nitrogen and oxygen atoms in total. The Morgan fingerprint density at radius 2 is 1.89 bits per heavy atom. The van der Waals surface area contributed by atoms with Gasteiger partial charge in [0.1, 0.15) is 17.7 Å². The van der Waals surface area contributed by atoms with Crippen LogP contribution in [0.3, 0.4) is 0 Å². The fourth-order valence-corrected chi connectivity index (χ4v) is 3.25. The topological polar surface area (TPSA) is 66.0 Å². The summed E-state index contributed by atoms with van der Waals surface area (Å²) in [6, 6.07) is 12.2. The number of rotatable bonds is 3. The molecule has 0 amide bonds. The fourth-order valence-electron chi connectivity index (χ4n) is 3.25. The van der Waals surface area contributed by atoms with E-state index in [1.165, 1.54) is 24.3 Å². The summed E-state index contributed by atoms with van der Waals surface area (Å²) >= 11 is 0. The van der Waals surface area contributed by atoms with Crippen molar-refractivity contribution in [2.75, 3.05) is 0 Å². The molecule has 1 aliphatic rings. The van der Waals surface area contributed by atoms with Crippen LogP contribution >= 0.6 is 0 Å². The van der Waals surface area contributed by atoms with E-state index in [0.717, 1.165) is 11.3 Å². The molecule has 0 saturated carbocycles. The lowest BCUT2D eigenvalue weighted by atomic mass is 10.1. The molecule has 0 aliphatic carbocycles.